The van der Waals surface area contributed by atoms with Crippen LogP contribution >= 0.6 is 0 Å². The zero-order valence-corrected chi connectivity index (χ0v) is 18.0. The molecule has 6 heteroatoms. The molecule has 0 fully saturated rings. The molecule has 1 aromatic heterocycles. The average Bonchev–Trinajstić information content (AvgIpc) is 3.35. The average molecular weight is 438 g/mol. The molecule has 33 heavy (non-hydrogen) atoms. The minimum absolute atomic E-state index is 0.0997. The maximum Gasteiger partial charge on any atom is 0.338 e. The van der Waals surface area contributed by atoms with Gasteiger partial charge in [-0.3, -0.25) is 9.69 Å². The van der Waals surface area contributed by atoms with Crippen LogP contribution in [0.3, 0.4) is 0 Å². The van der Waals surface area contributed by atoms with Crippen molar-refractivity contribution in [1.29, 1.82) is 0 Å². The number of carbonyl (C=O) groups is 2. The summed E-state index contributed by atoms with van der Waals surface area (Å²) < 4.78 is 11.2. The number of esters is 1. The summed E-state index contributed by atoms with van der Waals surface area (Å²) in [6.45, 7) is 2.11. The van der Waals surface area contributed by atoms with Gasteiger partial charge < -0.3 is 14.5 Å². The third-order valence-electron chi connectivity index (χ3n) is 5.54. The Kier molecular flexibility index (Phi) is 5.40. The molecule has 1 aliphatic heterocycles. The van der Waals surface area contributed by atoms with Crippen molar-refractivity contribution in [2.75, 3.05) is 16.8 Å². The molecular formula is C27H22N2O4. The van der Waals surface area contributed by atoms with Crippen LogP contribution in [0.25, 0.3) is 11.3 Å². The van der Waals surface area contributed by atoms with E-state index in [1.807, 2.05) is 78.9 Å². The number of hydrogen-bond acceptors (Lipinski definition) is 5. The SMILES string of the molecule is CCOC(=O)c1ccc(-c2ccc([C@H]3Nc4ccccc4C(=O)N3c3ccccc3)o2)cc1. The fraction of sp³-hybridized carbons (Fsp3) is 0.111. The van der Waals surface area contributed by atoms with Crippen LogP contribution in [0.2, 0.25) is 0 Å². The lowest BCUT2D eigenvalue weighted by Crippen LogP contribution is -2.43. The maximum atomic E-state index is 13.4. The first kappa shape index (κ1) is 20.6. The van der Waals surface area contributed by atoms with Gasteiger partial charge in [0, 0.05) is 16.9 Å². The van der Waals surface area contributed by atoms with E-state index in [0.717, 1.165) is 16.9 Å². The molecule has 0 aliphatic carbocycles. The standard InChI is InChI=1S/C27H22N2O4/c1-2-32-27(31)19-14-12-18(13-15-19)23-16-17-24(33-23)25-28-22-11-7-6-10-21(22)26(30)29(25)20-8-4-3-5-9-20/h3-17,25,28H,2H2,1H3/t25-/m0/s1. The number of para-hydroxylation sites is 2. The summed E-state index contributed by atoms with van der Waals surface area (Å²) in [7, 11) is 0. The Bertz CT molecular complexity index is 1300. The van der Waals surface area contributed by atoms with Crippen molar-refractivity contribution in [1.82, 2.24) is 0 Å². The zero-order valence-electron chi connectivity index (χ0n) is 18.0. The van der Waals surface area contributed by atoms with Crippen molar-refractivity contribution in [3.05, 3.63) is 108 Å². The Labute approximate surface area is 191 Å². The molecule has 4 aromatic rings. The van der Waals surface area contributed by atoms with Crippen molar-refractivity contribution >= 4 is 23.3 Å². The van der Waals surface area contributed by atoms with Gasteiger partial charge in [0.05, 0.1) is 17.7 Å². The quantitative estimate of drug-likeness (QED) is 0.393. The third kappa shape index (κ3) is 3.87. The van der Waals surface area contributed by atoms with E-state index < -0.39 is 6.17 Å². The molecule has 0 saturated heterocycles. The number of fused-ring (bicyclic) bond motifs is 1. The smallest absolute Gasteiger partial charge is 0.338 e. The fourth-order valence-corrected chi connectivity index (χ4v) is 3.95. The van der Waals surface area contributed by atoms with Gasteiger partial charge in [-0.25, -0.2) is 4.79 Å². The highest BCUT2D eigenvalue weighted by Crippen LogP contribution is 2.38. The van der Waals surface area contributed by atoms with E-state index in [1.165, 1.54) is 0 Å². The van der Waals surface area contributed by atoms with Gasteiger partial charge in [0.2, 0.25) is 0 Å². The molecule has 0 bridgehead atoms. The largest absolute Gasteiger partial charge is 0.462 e. The lowest BCUT2D eigenvalue weighted by molar-refractivity contribution is 0.0526. The summed E-state index contributed by atoms with van der Waals surface area (Å²) in [4.78, 5) is 27.0. The summed E-state index contributed by atoms with van der Waals surface area (Å²) in [5.41, 5.74) is 3.45. The predicted octanol–water partition coefficient (Wildman–Crippen LogP) is 5.89. The molecule has 1 amide bonds. The van der Waals surface area contributed by atoms with Gasteiger partial charge in [-0.1, -0.05) is 42.5 Å². The fourth-order valence-electron chi connectivity index (χ4n) is 3.95. The summed E-state index contributed by atoms with van der Waals surface area (Å²) in [5.74, 6) is 0.788. The molecule has 3 aromatic carbocycles. The van der Waals surface area contributed by atoms with Crippen LogP contribution in [0, 0.1) is 0 Å². The lowest BCUT2D eigenvalue weighted by Gasteiger charge is -2.36. The Hall–Kier alpha value is -4.32. The highest BCUT2D eigenvalue weighted by Gasteiger charge is 2.35. The Morgan fingerprint density at radius 2 is 1.67 bits per heavy atom. The number of anilines is 2. The van der Waals surface area contributed by atoms with Crippen LogP contribution in [-0.2, 0) is 4.74 Å². The number of nitrogens with one attached hydrogen (secondary N) is 1. The van der Waals surface area contributed by atoms with Gasteiger partial charge in [-0.2, -0.15) is 0 Å². The van der Waals surface area contributed by atoms with Gasteiger partial charge in [-0.05, 0) is 55.5 Å². The molecule has 5 rings (SSSR count). The van der Waals surface area contributed by atoms with Gasteiger partial charge in [0.1, 0.15) is 11.5 Å². The molecule has 1 atom stereocenters. The highest BCUT2D eigenvalue weighted by atomic mass is 16.5. The van der Waals surface area contributed by atoms with Crippen molar-refractivity contribution in [2.45, 2.75) is 13.1 Å². The second kappa shape index (κ2) is 8.67. The van der Waals surface area contributed by atoms with Gasteiger partial charge in [0.25, 0.3) is 5.91 Å². The number of hydrogen-bond donors (Lipinski definition) is 1. The molecule has 0 unspecified atom stereocenters. The molecule has 1 aliphatic rings. The van der Waals surface area contributed by atoms with E-state index in [1.54, 1.807) is 24.0 Å². The van der Waals surface area contributed by atoms with Crippen LogP contribution < -0.4 is 10.2 Å². The number of nitrogens with zero attached hydrogens (tertiary/aromatic N) is 1. The van der Waals surface area contributed by atoms with Crippen LogP contribution in [0.4, 0.5) is 11.4 Å². The molecule has 0 saturated carbocycles. The van der Waals surface area contributed by atoms with E-state index in [4.69, 9.17) is 9.15 Å². The first-order valence-electron chi connectivity index (χ1n) is 10.8. The highest BCUT2D eigenvalue weighted by molar-refractivity contribution is 6.12. The van der Waals surface area contributed by atoms with Crippen LogP contribution in [0.5, 0.6) is 0 Å². The predicted molar refractivity (Wildman–Crippen MR) is 126 cm³/mol. The van der Waals surface area contributed by atoms with Gasteiger partial charge >= 0.3 is 5.97 Å². The van der Waals surface area contributed by atoms with Crippen molar-refractivity contribution in [3.63, 3.8) is 0 Å². The third-order valence-corrected chi connectivity index (χ3v) is 5.54. The minimum Gasteiger partial charge on any atom is -0.462 e. The zero-order chi connectivity index (χ0) is 22.8. The van der Waals surface area contributed by atoms with Crippen molar-refractivity contribution < 1.29 is 18.7 Å². The number of rotatable bonds is 5. The summed E-state index contributed by atoms with van der Waals surface area (Å²) in [6.07, 6.45) is -0.512. The van der Waals surface area contributed by atoms with Crippen LogP contribution in [-0.4, -0.2) is 18.5 Å². The molecule has 0 radical (unpaired) electrons. The molecule has 2 heterocycles. The van der Waals surface area contributed by atoms with Gasteiger partial charge in [0.15, 0.2) is 6.17 Å². The van der Waals surface area contributed by atoms with Crippen LogP contribution in [0.15, 0.2) is 95.4 Å². The molecule has 1 N–H and O–H groups in total. The summed E-state index contributed by atoms with van der Waals surface area (Å²) >= 11 is 0. The molecule has 6 nitrogen and oxygen atoms in total. The monoisotopic (exact) mass is 438 g/mol. The van der Waals surface area contributed by atoms with E-state index in [2.05, 4.69) is 5.32 Å². The maximum absolute atomic E-state index is 13.4. The lowest BCUT2D eigenvalue weighted by atomic mass is 10.1. The number of carbonyl (C=O) groups excluding carboxylic acids is 2. The minimum atomic E-state index is -0.512. The molecule has 0 spiro atoms. The second-order valence-corrected chi connectivity index (χ2v) is 7.60. The van der Waals surface area contributed by atoms with Crippen LogP contribution in [0.1, 0.15) is 39.6 Å². The number of ether oxygens (including phenoxy) is 1. The van der Waals surface area contributed by atoms with E-state index in [9.17, 15) is 9.59 Å². The first-order chi connectivity index (χ1) is 16.2. The summed E-state index contributed by atoms with van der Waals surface area (Å²) in [5, 5.41) is 3.45. The summed E-state index contributed by atoms with van der Waals surface area (Å²) in [6, 6.07) is 27.8. The van der Waals surface area contributed by atoms with Gasteiger partial charge in [-0.15, -0.1) is 0 Å². The second-order valence-electron chi connectivity index (χ2n) is 7.60. The molecule has 164 valence electrons. The Morgan fingerprint density at radius 1 is 0.939 bits per heavy atom. The topological polar surface area (TPSA) is 71.8 Å². The molecular weight excluding hydrogens is 416 g/mol. The van der Waals surface area contributed by atoms with Crippen molar-refractivity contribution in [2.24, 2.45) is 0 Å². The Balaban J connectivity index is 1.49. The first-order valence-corrected chi connectivity index (χ1v) is 10.8. The number of furan rings is 1. The van der Waals surface area contributed by atoms with E-state index in [0.29, 0.717) is 29.3 Å². The number of benzene rings is 3. The van der Waals surface area contributed by atoms with Crippen molar-refractivity contribution in [3.8, 4) is 11.3 Å². The number of amides is 1. The Morgan fingerprint density at radius 3 is 2.42 bits per heavy atom. The van der Waals surface area contributed by atoms with E-state index in [-0.39, 0.29) is 11.9 Å². The van der Waals surface area contributed by atoms with E-state index >= 15 is 0 Å². The normalized spacial score (nSPS) is 15.0.